The molecule has 0 aromatic heterocycles. The van der Waals surface area contributed by atoms with E-state index in [0.29, 0.717) is 24.3 Å². The molecule has 1 fully saturated rings. The van der Waals surface area contributed by atoms with Gasteiger partial charge in [-0.3, -0.25) is 9.59 Å². The molecular weight excluding hydrogens is 234 g/mol. The Labute approximate surface area is 104 Å². The highest BCUT2D eigenvalue weighted by Crippen LogP contribution is 2.52. The summed E-state index contributed by atoms with van der Waals surface area (Å²) >= 11 is 0. The van der Waals surface area contributed by atoms with Gasteiger partial charge in [0.1, 0.15) is 11.2 Å². The van der Waals surface area contributed by atoms with E-state index in [1.807, 2.05) is 6.07 Å². The van der Waals surface area contributed by atoms with E-state index in [2.05, 4.69) is 0 Å². The van der Waals surface area contributed by atoms with Gasteiger partial charge in [0.05, 0.1) is 5.69 Å². The fourth-order valence-electron chi connectivity index (χ4n) is 2.38. The van der Waals surface area contributed by atoms with Gasteiger partial charge in [-0.25, -0.2) is 0 Å². The van der Waals surface area contributed by atoms with Crippen molar-refractivity contribution in [2.45, 2.75) is 18.9 Å². The van der Waals surface area contributed by atoms with Crippen molar-refractivity contribution in [1.29, 1.82) is 0 Å². The fraction of sp³-hybridized carbons (Fsp3) is 0.385. The van der Waals surface area contributed by atoms with Crippen molar-refractivity contribution < 1.29 is 19.4 Å². The molecule has 5 nitrogen and oxygen atoms in total. The van der Waals surface area contributed by atoms with Crippen molar-refractivity contribution >= 4 is 17.6 Å². The van der Waals surface area contributed by atoms with Gasteiger partial charge in [-0.1, -0.05) is 12.1 Å². The Morgan fingerprint density at radius 2 is 2.11 bits per heavy atom. The summed E-state index contributed by atoms with van der Waals surface area (Å²) in [6.45, 7) is 0. The van der Waals surface area contributed by atoms with Crippen LogP contribution in [0.4, 0.5) is 5.69 Å². The van der Waals surface area contributed by atoms with Crippen LogP contribution in [0.15, 0.2) is 24.3 Å². The number of fused-ring (bicyclic) bond motifs is 1. The summed E-state index contributed by atoms with van der Waals surface area (Å²) in [5.74, 6) is -0.667. The third-order valence-electron chi connectivity index (χ3n) is 3.74. The molecule has 2 aliphatic rings. The first-order chi connectivity index (χ1) is 8.56. The van der Waals surface area contributed by atoms with Gasteiger partial charge in [0.15, 0.2) is 6.10 Å². The Morgan fingerprint density at radius 1 is 1.44 bits per heavy atom. The van der Waals surface area contributed by atoms with Gasteiger partial charge in [0.25, 0.3) is 5.91 Å². The van der Waals surface area contributed by atoms with Crippen molar-refractivity contribution in [3.8, 4) is 5.75 Å². The lowest BCUT2D eigenvalue weighted by Gasteiger charge is -2.34. The van der Waals surface area contributed by atoms with Gasteiger partial charge in [0.2, 0.25) is 0 Å². The van der Waals surface area contributed by atoms with E-state index in [-0.39, 0.29) is 5.91 Å². The van der Waals surface area contributed by atoms with E-state index in [1.54, 1.807) is 25.2 Å². The first kappa shape index (κ1) is 11.1. The fourth-order valence-corrected chi connectivity index (χ4v) is 2.38. The number of anilines is 1. The molecule has 1 amide bonds. The van der Waals surface area contributed by atoms with Crippen LogP contribution in [-0.2, 0) is 9.59 Å². The normalized spacial score (nSPS) is 24.2. The van der Waals surface area contributed by atoms with Crippen LogP contribution < -0.4 is 9.64 Å². The van der Waals surface area contributed by atoms with Gasteiger partial charge in [-0.05, 0) is 25.0 Å². The molecular formula is C13H13NO4. The number of hydrogen-bond acceptors (Lipinski definition) is 3. The number of rotatable bonds is 2. The van der Waals surface area contributed by atoms with Crippen LogP contribution in [0.25, 0.3) is 0 Å². The molecule has 94 valence electrons. The van der Waals surface area contributed by atoms with Crippen LogP contribution in [0.5, 0.6) is 5.75 Å². The van der Waals surface area contributed by atoms with Crippen LogP contribution in [0.2, 0.25) is 0 Å². The molecule has 5 heteroatoms. The quantitative estimate of drug-likeness (QED) is 0.854. The maximum Gasteiger partial charge on any atom is 0.313 e. The number of aliphatic carboxylic acids is 1. The molecule has 0 saturated heterocycles. The zero-order valence-electron chi connectivity index (χ0n) is 9.92. The topological polar surface area (TPSA) is 66.8 Å². The Hall–Kier alpha value is -2.04. The summed E-state index contributed by atoms with van der Waals surface area (Å²) in [6, 6.07) is 7.16. The average Bonchev–Trinajstić information content (AvgIpc) is 3.15. The van der Waals surface area contributed by atoms with Crippen molar-refractivity contribution in [2.24, 2.45) is 5.41 Å². The van der Waals surface area contributed by atoms with Gasteiger partial charge < -0.3 is 14.7 Å². The number of ether oxygens (including phenoxy) is 1. The zero-order chi connectivity index (χ0) is 12.9. The van der Waals surface area contributed by atoms with Gasteiger partial charge in [-0.2, -0.15) is 0 Å². The van der Waals surface area contributed by atoms with Crippen molar-refractivity contribution in [3.05, 3.63) is 24.3 Å². The van der Waals surface area contributed by atoms with Crippen molar-refractivity contribution in [2.75, 3.05) is 11.9 Å². The standard InChI is InChI=1S/C13H13NO4/c1-14-8-4-2-3-5-9(8)18-10(11(14)15)13(6-7-13)12(16)17/h2-5,10H,6-7H2,1H3,(H,16,17). The highest BCUT2D eigenvalue weighted by atomic mass is 16.5. The molecule has 1 aliphatic carbocycles. The maximum atomic E-state index is 12.2. The molecule has 0 spiro atoms. The summed E-state index contributed by atoms with van der Waals surface area (Å²) in [5, 5.41) is 9.26. The van der Waals surface area contributed by atoms with Gasteiger partial charge in [-0.15, -0.1) is 0 Å². The van der Waals surface area contributed by atoms with E-state index >= 15 is 0 Å². The van der Waals surface area contributed by atoms with Crippen LogP contribution >= 0.6 is 0 Å². The number of benzene rings is 1. The third kappa shape index (κ3) is 1.33. The first-order valence-corrected chi connectivity index (χ1v) is 5.83. The number of hydrogen-bond donors (Lipinski definition) is 1. The minimum absolute atomic E-state index is 0.284. The van der Waals surface area contributed by atoms with Crippen molar-refractivity contribution in [3.63, 3.8) is 0 Å². The number of carbonyl (C=O) groups excluding carboxylic acids is 1. The number of carbonyl (C=O) groups is 2. The molecule has 18 heavy (non-hydrogen) atoms. The SMILES string of the molecule is CN1C(=O)C(C2(C(=O)O)CC2)Oc2ccccc21. The molecule has 0 bridgehead atoms. The van der Waals surface area contributed by atoms with E-state index in [9.17, 15) is 14.7 Å². The summed E-state index contributed by atoms with van der Waals surface area (Å²) in [5.41, 5.74) is -0.348. The Kier molecular flexibility index (Phi) is 2.14. The molecule has 1 aromatic rings. The lowest BCUT2D eigenvalue weighted by Crippen LogP contribution is -2.50. The van der Waals surface area contributed by atoms with Gasteiger partial charge in [0, 0.05) is 7.05 Å². The number of amides is 1. The van der Waals surface area contributed by atoms with Crippen LogP contribution in [-0.4, -0.2) is 30.1 Å². The summed E-state index contributed by atoms with van der Waals surface area (Å²) < 4.78 is 5.63. The van der Waals surface area contributed by atoms with E-state index in [4.69, 9.17) is 4.74 Å². The van der Waals surface area contributed by atoms with Crippen LogP contribution in [0, 0.1) is 5.41 Å². The number of likely N-dealkylation sites (N-methyl/N-ethyl adjacent to an activating group) is 1. The second-order valence-electron chi connectivity index (χ2n) is 4.82. The molecule has 3 rings (SSSR count). The highest BCUT2D eigenvalue weighted by Gasteiger charge is 2.62. The lowest BCUT2D eigenvalue weighted by atomic mass is 9.96. The number of carboxylic acids is 1. The first-order valence-electron chi connectivity index (χ1n) is 5.83. The molecule has 1 aliphatic heterocycles. The number of para-hydroxylation sites is 2. The van der Waals surface area contributed by atoms with Crippen molar-refractivity contribution in [1.82, 2.24) is 0 Å². The molecule has 1 saturated carbocycles. The molecule has 1 unspecified atom stereocenters. The van der Waals surface area contributed by atoms with Gasteiger partial charge >= 0.3 is 5.97 Å². The monoisotopic (exact) mass is 247 g/mol. The number of nitrogens with zero attached hydrogens (tertiary/aromatic N) is 1. The summed E-state index contributed by atoms with van der Waals surface area (Å²) in [7, 11) is 1.65. The third-order valence-corrected chi connectivity index (χ3v) is 3.74. The number of carboxylic acid groups (broad SMARTS) is 1. The van der Waals surface area contributed by atoms with Crippen LogP contribution in [0.1, 0.15) is 12.8 Å². The Balaban J connectivity index is 2.02. The average molecular weight is 247 g/mol. The highest BCUT2D eigenvalue weighted by molar-refractivity contribution is 6.03. The minimum Gasteiger partial charge on any atom is -0.481 e. The minimum atomic E-state index is -1.03. The van der Waals surface area contributed by atoms with E-state index in [1.165, 1.54) is 4.90 Å². The molecule has 0 radical (unpaired) electrons. The molecule has 1 N–H and O–H groups in total. The maximum absolute atomic E-state index is 12.2. The molecule has 1 aromatic carbocycles. The largest absolute Gasteiger partial charge is 0.481 e. The smallest absolute Gasteiger partial charge is 0.313 e. The second-order valence-corrected chi connectivity index (χ2v) is 4.82. The summed E-state index contributed by atoms with van der Waals surface area (Å²) in [6.07, 6.45) is 0.0821. The van der Waals surface area contributed by atoms with E-state index < -0.39 is 17.5 Å². The summed E-state index contributed by atoms with van der Waals surface area (Å²) in [4.78, 5) is 25.0. The molecule has 1 heterocycles. The van der Waals surface area contributed by atoms with E-state index in [0.717, 1.165) is 0 Å². The Bertz CT molecular complexity index is 536. The Morgan fingerprint density at radius 3 is 2.72 bits per heavy atom. The zero-order valence-corrected chi connectivity index (χ0v) is 9.92. The second kappa shape index (κ2) is 3.48. The predicted molar refractivity (Wildman–Crippen MR) is 63.6 cm³/mol. The molecule has 1 atom stereocenters. The van der Waals surface area contributed by atoms with Crippen LogP contribution in [0.3, 0.4) is 0 Å². The lowest BCUT2D eigenvalue weighted by molar-refractivity contribution is -0.151. The predicted octanol–water partition coefficient (Wildman–Crippen LogP) is 1.28.